The number of nitrogens with zero attached hydrogens (tertiary/aromatic N) is 20. The molecule has 16 aromatic rings. The smallest absolute Gasteiger partial charge is 0.277 e. The summed E-state index contributed by atoms with van der Waals surface area (Å²) in [6, 6.07) is 21.9. The van der Waals surface area contributed by atoms with Crippen molar-refractivity contribution in [2.45, 2.75) is 172 Å². The molecule has 778 valence electrons. The number of alkyl halides is 4. The van der Waals surface area contributed by atoms with E-state index >= 15 is 0 Å². The van der Waals surface area contributed by atoms with Crippen LogP contribution >= 0.6 is 46.4 Å². The second-order valence-electron chi connectivity index (χ2n) is 36.3. The highest BCUT2D eigenvalue weighted by Crippen LogP contribution is 2.38. The van der Waals surface area contributed by atoms with Gasteiger partial charge in [0.1, 0.15) is 145 Å². The summed E-state index contributed by atoms with van der Waals surface area (Å²) in [6.07, 6.45) is 11.0. The number of carbonyl (C=O) groups excluding carboxylic acids is 1. The first-order chi connectivity index (χ1) is 70.8. The molecule has 0 atom stereocenters. The fourth-order valence-electron chi connectivity index (χ4n) is 14.3. The van der Waals surface area contributed by atoms with Crippen molar-refractivity contribution in [1.29, 1.82) is 0 Å². The SMILES string of the molecule is Cc1cnc(-c2ccnc(C(C)(C)C(F)F)n2)cc1-n1c(C)cc(OCc2ncc(F)cc2F)c(Cl)c1=O.Cc1cnc(-c2ccnc(C(C)(C)C(F)F)n2)cc1-n1c(C)cc(OCc2ncc(F)cc2F)c(Cl)c1=O.Cc1cnc(-c2ccnc(C(C)(C)C=O)n2)cc1-n1c(C)cc(OCc2ncc(F)cc2F)c(Cl)c1=O.Cc1cnc(-c2ccnc(C(C)(C)CO)n2)cc1-n1c(C)cc(OCc2ncc(F)cc2F)c(Cl)c1=O. The predicted octanol–water partition coefficient (Wildman–Crippen LogP) is 20.7. The highest BCUT2D eigenvalue weighted by molar-refractivity contribution is 6.33. The third-order valence-electron chi connectivity index (χ3n) is 23.2. The maximum Gasteiger partial charge on any atom is 0.277 e. The van der Waals surface area contributed by atoms with E-state index in [4.69, 9.17) is 65.4 Å². The van der Waals surface area contributed by atoms with Gasteiger partial charge in [-0.1, -0.05) is 60.3 Å². The normalized spacial score (nSPS) is 11.6. The first-order valence-corrected chi connectivity index (χ1v) is 46.6. The topological polar surface area (TPSA) is 368 Å². The second kappa shape index (κ2) is 46.5. The Morgan fingerprint density at radius 1 is 0.320 bits per heavy atom. The zero-order valence-corrected chi connectivity index (χ0v) is 85.6. The Morgan fingerprint density at radius 2 is 0.547 bits per heavy atom. The molecule has 16 heterocycles. The maximum atomic E-state index is 13.9. The minimum atomic E-state index is -2.68. The molecule has 16 aromatic heterocycles. The Labute approximate surface area is 867 Å². The molecule has 0 fully saturated rings. The van der Waals surface area contributed by atoms with E-state index in [1.807, 2.05) is 13.8 Å². The van der Waals surface area contributed by atoms with E-state index in [-0.39, 0.29) is 111 Å². The predicted molar refractivity (Wildman–Crippen MR) is 533 cm³/mol. The van der Waals surface area contributed by atoms with E-state index in [9.17, 15) is 81.8 Å². The zero-order valence-electron chi connectivity index (χ0n) is 82.5. The Morgan fingerprint density at radius 3 is 0.773 bits per heavy atom. The summed E-state index contributed by atoms with van der Waals surface area (Å²) in [5.41, 5.74) is 2.10. The molecule has 1 N–H and O–H groups in total. The number of hydrogen-bond acceptors (Lipinski definition) is 26. The number of ether oxygens (including phenoxy) is 4. The lowest BCUT2D eigenvalue weighted by Gasteiger charge is -2.22. The van der Waals surface area contributed by atoms with Gasteiger partial charge in [0.05, 0.1) is 116 Å². The Bertz CT molecular complexity index is 7900. The summed E-state index contributed by atoms with van der Waals surface area (Å²) in [6.45, 7) is 24.7. The Balaban J connectivity index is 0.000000167. The molecule has 30 nitrogen and oxygen atoms in total. The summed E-state index contributed by atoms with van der Waals surface area (Å²) in [5.74, 6) is -6.00. The minimum Gasteiger partial charge on any atom is -0.485 e. The van der Waals surface area contributed by atoms with Gasteiger partial charge in [0.25, 0.3) is 35.1 Å². The number of aliphatic hydroxyl groups is 1. The molecule has 0 aliphatic carbocycles. The standard InChI is InChI=1S/2C26H22ClF4N5O2.C26H24ClF2N5O3.C26H22ClF2N5O3/c2*1-13-10-33-18(17-5-6-32-25(35-17)26(3,4)24(30)31)9-20(13)36-14(2)7-21(22(27)23(36)37)38-12-19-16(29)8-15(28)11-34-19;2*1-14-10-31-19(18-5-6-30-25(33-18)26(3,4)13-35)9-21(14)34-15(2)7-22(23(27)24(34)36)37-12-20-17(29)8-16(28)11-32-20/h2*5-11,24H,12H2,1-4H3;5-11,35H,12-13H2,1-4H3;5-11,13H,12H2,1-4H3. The molecule has 150 heavy (non-hydrogen) atoms. The number of halogens is 16. The fourth-order valence-corrected chi connectivity index (χ4v) is 15.1. The molecular formula is C104H90Cl4F12N20O10. The minimum absolute atomic E-state index is 0.00227. The van der Waals surface area contributed by atoms with Crippen molar-refractivity contribution in [3.8, 4) is 91.3 Å². The van der Waals surface area contributed by atoms with E-state index in [0.717, 1.165) is 31.1 Å². The zero-order chi connectivity index (χ0) is 109. The molecule has 46 heteroatoms. The van der Waals surface area contributed by atoms with Crippen LogP contribution in [0.2, 0.25) is 20.1 Å². The number of hydrogen-bond donors (Lipinski definition) is 1. The van der Waals surface area contributed by atoms with Gasteiger partial charge >= 0.3 is 0 Å². The van der Waals surface area contributed by atoms with Crippen LogP contribution < -0.4 is 41.2 Å². The van der Waals surface area contributed by atoms with Crippen molar-refractivity contribution in [2.75, 3.05) is 6.61 Å². The van der Waals surface area contributed by atoms with Gasteiger partial charge in [-0.05, 0) is 168 Å². The lowest BCUT2D eigenvalue weighted by molar-refractivity contribution is -0.111. The van der Waals surface area contributed by atoms with Crippen LogP contribution in [-0.4, -0.2) is 129 Å². The Kier molecular flexibility index (Phi) is 34.6. The molecule has 0 aliphatic heterocycles. The van der Waals surface area contributed by atoms with E-state index in [0.29, 0.717) is 149 Å². The van der Waals surface area contributed by atoms with Crippen LogP contribution in [-0.2, 0) is 52.9 Å². The van der Waals surface area contributed by atoms with Crippen LogP contribution in [0.25, 0.3) is 68.3 Å². The first kappa shape index (κ1) is 112. The van der Waals surface area contributed by atoms with Crippen molar-refractivity contribution >= 4 is 52.7 Å². The number of carbonyl (C=O) groups is 1. The van der Waals surface area contributed by atoms with Crippen molar-refractivity contribution < 1.29 is 81.5 Å². The first-order valence-electron chi connectivity index (χ1n) is 45.1. The van der Waals surface area contributed by atoms with Crippen molar-refractivity contribution in [1.82, 2.24) is 98.0 Å². The summed E-state index contributed by atoms with van der Waals surface area (Å²) < 4.78 is 190. The molecule has 0 radical (unpaired) electrons. The van der Waals surface area contributed by atoms with Crippen LogP contribution in [0, 0.1) is 102 Å². The van der Waals surface area contributed by atoms with E-state index in [1.54, 1.807) is 143 Å². The van der Waals surface area contributed by atoms with Gasteiger partial charge in [-0.25, -0.2) is 92.6 Å². The van der Waals surface area contributed by atoms with Crippen molar-refractivity contribution in [3.63, 3.8) is 0 Å². The summed E-state index contributed by atoms with van der Waals surface area (Å²) in [5, 5.41) is 8.72. The van der Waals surface area contributed by atoms with Crippen LogP contribution in [0.1, 0.15) is 146 Å². The van der Waals surface area contributed by atoms with Gasteiger partial charge < -0.3 is 28.8 Å². The second-order valence-corrected chi connectivity index (χ2v) is 37.8. The fraction of sp³-hybridized carbons (Fsp3) is 0.260. The number of pyridine rings is 12. The summed E-state index contributed by atoms with van der Waals surface area (Å²) in [7, 11) is 0. The third kappa shape index (κ3) is 25.0. The number of rotatable bonds is 28. The quantitative estimate of drug-likeness (QED) is 0.0351. The van der Waals surface area contributed by atoms with Crippen LogP contribution in [0.3, 0.4) is 0 Å². The molecule has 0 unspecified atom stereocenters. The molecular weight excluding hydrogens is 2060 g/mol. The summed E-state index contributed by atoms with van der Waals surface area (Å²) in [4.78, 5) is 131. The van der Waals surface area contributed by atoms with Gasteiger partial charge in [-0.3, -0.25) is 77.3 Å². The molecule has 0 spiro atoms. The monoisotopic (exact) mass is 2150 g/mol. The number of aryl methyl sites for hydroxylation is 8. The largest absolute Gasteiger partial charge is 0.485 e. The highest BCUT2D eigenvalue weighted by Gasteiger charge is 2.38. The van der Waals surface area contributed by atoms with Crippen LogP contribution in [0.4, 0.5) is 52.7 Å². The van der Waals surface area contributed by atoms with Gasteiger partial charge in [0, 0.05) is 126 Å². The van der Waals surface area contributed by atoms with E-state index in [2.05, 4.69) is 79.7 Å². The highest BCUT2D eigenvalue weighted by atomic mass is 35.5. The number of aldehydes is 1. The molecule has 0 bridgehead atoms. The van der Waals surface area contributed by atoms with Crippen LogP contribution in [0.5, 0.6) is 23.0 Å². The third-order valence-corrected chi connectivity index (χ3v) is 24.6. The van der Waals surface area contributed by atoms with Gasteiger partial charge in [-0.2, -0.15) is 0 Å². The van der Waals surface area contributed by atoms with E-state index in [1.165, 1.54) is 95.0 Å². The Hall–Kier alpha value is -15.5. The van der Waals surface area contributed by atoms with Crippen LogP contribution in [0.15, 0.2) is 191 Å². The number of aliphatic hydroxyl groups excluding tert-OH is 1. The summed E-state index contributed by atoms with van der Waals surface area (Å²) >= 11 is 25.3. The molecule has 0 aliphatic rings. The average Bonchev–Trinajstić information content (AvgIpc) is 0.775. The van der Waals surface area contributed by atoms with Crippen molar-refractivity contribution in [3.05, 3.63) is 371 Å². The molecule has 0 aromatic carbocycles. The van der Waals surface area contributed by atoms with E-state index < -0.39 is 103 Å². The average molecular weight is 2150 g/mol. The molecule has 16 rings (SSSR count). The van der Waals surface area contributed by atoms with Gasteiger partial charge in [0.2, 0.25) is 0 Å². The van der Waals surface area contributed by atoms with Gasteiger partial charge in [-0.15, -0.1) is 0 Å². The lowest BCUT2D eigenvalue weighted by Crippen LogP contribution is -2.29. The maximum absolute atomic E-state index is 13.9. The molecule has 0 saturated heterocycles. The number of aromatic nitrogens is 20. The van der Waals surface area contributed by atoms with Gasteiger partial charge in [0.15, 0.2) is 23.3 Å². The molecule has 0 saturated carbocycles. The lowest BCUT2D eigenvalue weighted by atomic mass is 9.93. The molecule has 0 amide bonds. The van der Waals surface area contributed by atoms with Crippen molar-refractivity contribution in [2.24, 2.45) is 0 Å².